The van der Waals surface area contributed by atoms with Crippen LogP contribution in [0.4, 0.5) is 16.5 Å². The van der Waals surface area contributed by atoms with Gasteiger partial charge in [0.05, 0.1) is 25.8 Å². The molecular weight excluding hydrogens is 348 g/mol. The molecule has 0 aliphatic carbocycles. The average molecular weight is 368 g/mol. The Morgan fingerprint density at radius 3 is 2.59 bits per heavy atom. The summed E-state index contributed by atoms with van der Waals surface area (Å²) in [6, 6.07) is 14.2. The van der Waals surface area contributed by atoms with E-state index < -0.39 is 6.03 Å². The first kappa shape index (κ1) is 18.2. The molecule has 27 heavy (non-hydrogen) atoms. The van der Waals surface area contributed by atoms with Gasteiger partial charge in [0.2, 0.25) is 5.89 Å². The van der Waals surface area contributed by atoms with Gasteiger partial charge in [0.15, 0.2) is 0 Å². The molecule has 3 rings (SSSR count). The van der Waals surface area contributed by atoms with E-state index in [1.54, 1.807) is 25.3 Å². The Morgan fingerprint density at radius 1 is 1.07 bits per heavy atom. The molecule has 0 aliphatic rings. The molecular formula is C19H20N4O4. The van der Waals surface area contributed by atoms with Crippen LogP contribution in [-0.2, 0) is 6.42 Å². The van der Waals surface area contributed by atoms with Gasteiger partial charge in [0.1, 0.15) is 11.5 Å². The lowest BCUT2D eigenvalue weighted by atomic mass is 10.1. The summed E-state index contributed by atoms with van der Waals surface area (Å²) >= 11 is 0. The Hall–Kier alpha value is -3.55. The summed E-state index contributed by atoms with van der Waals surface area (Å²) < 4.78 is 16.1. The summed E-state index contributed by atoms with van der Waals surface area (Å²) in [7, 11) is 1.61. The van der Waals surface area contributed by atoms with Crippen molar-refractivity contribution in [2.45, 2.75) is 13.3 Å². The second kappa shape index (κ2) is 8.70. The number of ether oxygens (including phenoxy) is 2. The van der Waals surface area contributed by atoms with Crippen LogP contribution < -0.4 is 20.1 Å². The highest BCUT2D eigenvalue weighted by molar-refractivity contribution is 5.99. The van der Waals surface area contributed by atoms with E-state index in [1.807, 2.05) is 37.3 Å². The van der Waals surface area contributed by atoms with E-state index in [4.69, 9.17) is 13.9 Å². The zero-order valence-electron chi connectivity index (χ0n) is 15.1. The van der Waals surface area contributed by atoms with Crippen molar-refractivity contribution in [3.8, 4) is 11.5 Å². The lowest BCUT2D eigenvalue weighted by molar-refractivity contribution is 0.261. The third-order valence-electron chi connectivity index (χ3n) is 3.64. The van der Waals surface area contributed by atoms with E-state index in [2.05, 4.69) is 20.8 Å². The van der Waals surface area contributed by atoms with Gasteiger partial charge < -0.3 is 19.2 Å². The lowest BCUT2D eigenvalue weighted by Gasteiger charge is -2.10. The molecule has 140 valence electrons. The zero-order chi connectivity index (χ0) is 19.1. The first-order valence-electron chi connectivity index (χ1n) is 8.43. The minimum atomic E-state index is -0.498. The number of para-hydroxylation sites is 2. The molecule has 8 heteroatoms. The third kappa shape index (κ3) is 4.97. The van der Waals surface area contributed by atoms with Crippen LogP contribution in [0.3, 0.4) is 0 Å². The molecule has 3 aromatic rings. The maximum atomic E-state index is 12.2. The number of nitrogens with one attached hydrogen (secondary N) is 2. The number of rotatable bonds is 7. The molecule has 0 saturated heterocycles. The summed E-state index contributed by atoms with van der Waals surface area (Å²) in [5, 5.41) is 13.0. The summed E-state index contributed by atoms with van der Waals surface area (Å²) in [4.78, 5) is 12.2. The van der Waals surface area contributed by atoms with E-state index in [0.29, 0.717) is 30.4 Å². The highest BCUT2D eigenvalue weighted by Gasteiger charge is 2.12. The van der Waals surface area contributed by atoms with Crippen LogP contribution in [0, 0.1) is 0 Å². The number of hydrogen-bond donors (Lipinski definition) is 2. The maximum absolute atomic E-state index is 12.2. The van der Waals surface area contributed by atoms with Crippen LogP contribution in [0.15, 0.2) is 52.9 Å². The van der Waals surface area contributed by atoms with Gasteiger partial charge in [0, 0.05) is 0 Å². The predicted octanol–water partition coefficient (Wildman–Crippen LogP) is 3.71. The fraction of sp³-hybridized carbons (Fsp3) is 0.211. The fourth-order valence-electron chi connectivity index (χ4n) is 2.40. The smallest absolute Gasteiger partial charge is 0.327 e. The molecule has 0 spiro atoms. The Labute approximate surface area is 156 Å². The lowest BCUT2D eigenvalue weighted by Crippen LogP contribution is -2.20. The van der Waals surface area contributed by atoms with Crippen molar-refractivity contribution in [1.29, 1.82) is 0 Å². The molecule has 0 bridgehead atoms. The van der Waals surface area contributed by atoms with Crippen molar-refractivity contribution in [3.63, 3.8) is 0 Å². The fourth-order valence-corrected chi connectivity index (χ4v) is 2.40. The molecule has 0 radical (unpaired) electrons. The molecule has 0 unspecified atom stereocenters. The molecule has 0 saturated carbocycles. The van der Waals surface area contributed by atoms with Gasteiger partial charge >= 0.3 is 12.0 Å². The van der Waals surface area contributed by atoms with Gasteiger partial charge in [-0.2, -0.15) is 0 Å². The minimum Gasteiger partial charge on any atom is -0.497 e. The van der Waals surface area contributed by atoms with Crippen LogP contribution >= 0.6 is 0 Å². The van der Waals surface area contributed by atoms with Crippen LogP contribution in [0.5, 0.6) is 11.5 Å². The Morgan fingerprint density at radius 2 is 1.85 bits per heavy atom. The standard InChI is InChI=1S/C19H20N4O4/c1-3-26-16-7-5-4-6-15(16)20-18(24)21-19-23-22-17(27-19)12-13-8-10-14(25-2)11-9-13/h4-11H,3,12H2,1-2H3,(H2,20,21,23,24). The first-order valence-corrected chi connectivity index (χ1v) is 8.43. The molecule has 2 N–H and O–H groups in total. The van der Waals surface area contributed by atoms with E-state index in [9.17, 15) is 4.79 Å². The molecule has 0 atom stereocenters. The number of carbonyl (C=O) groups is 1. The zero-order valence-corrected chi connectivity index (χ0v) is 15.1. The van der Waals surface area contributed by atoms with E-state index in [-0.39, 0.29) is 6.01 Å². The number of carbonyl (C=O) groups excluding carboxylic acids is 1. The number of amides is 2. The van der Waals surface area contributed by atoms with Crippen LogP contribution in [0.2, 0.25) is 0 Å². The van der Waals surface area contributed by atoms with E-state index in [1.165, 1.54) is 0 Å². The predicted molar refractivity (Wildman–Crippen MR) is 100 cm³/mol. The number of methoxy groups -OCH3 is 1. The van der Waals surface area contributed by atoms with Crippen LogP contribution in [0.25, 0.3) is 0 Å². The largest absolute Gasteiger partial charge is 0.497 e. The summed E-state index contributed by atoms with van der Waals surface area (Å²) in [6.45, 7) is 2.37. The number of urea groups is 1. The summed E-state index contributed by atoms with van der Waals surface area (Å²) in [6.07, 6.45) is 0.452. The average Bonchev–Trinajstić information content (AvgIpc) is 3.11. The van der Waals surface area contributed by atoms with Crippen molar-refractivity contribution < 1.29 is 18.7 Å². The number of hydrogen-bond acceptors (Lipinski definition) is 6. The summed E-state index contributed by atoms with van der Waals surface area (Å²) in [5.41, 5.74) is 1.54. The molecule has 0 fully saturated rings. The van der Waals surface area contributed by atoms with Gasteiger partial charge in [-0.3, -0.25) is 5.32 Å². The Bertz CT molecular complexity index is 893. The van der Waals surface area contributed by atoms with Gasteiger partial charge in [0.25, 0.3) is 0 Å². The molecule has 1 heterocycles. The monoisotopic (exact) mass is 368 g/mol. The van der Waals surface area contributed by atoms with E-state index >= 15 is 0 Å². The van der Waals surface area contributed by atoms with Gasteiger partial charge in [-0.15, -0.1) is 5.10 Å². The number of benzene rings is 2. The van der Waals surface area contributed by atoms with Crippen molar-refractivity contribution in [1.82, 2.24) is 10.2 Å². The van der Waals surface area contributed by atoms with Crippen LogP contribution in [-0.4, -0.2) is 29.9 Å². The van der Waals surface area contributed by atoms with Crippen molar-refractivity contribution in [3.05, 3.63) is 60.0 Å². The molecule has 2 amide bonds. The molecule has 2 aromatic carbocycles. The SMILES string of the molecule is CCOc1ccccc1NC(=O)Nc1nnc(Cc2ccc(OC)cc2)o1. The summed E-state index contributed by atoms with van der Waals surface area (Å²) in [5.74, 6) is 1.75. The second-order valence-electron chi connectivity index (χ2n) is 5.53. The van der Waals surface area contributed by atoms with Crippen molar-refractivity contribution in [2.24, 2.45) is 0 Å². The normalized spacial score (nSPS) is 10.3. The van der Waals surface area contributed by atoms with E-state index in [0.717, 1.165) is 11.3 Å². The van der Waals surface area contributed by atoms with Crippen molar-refractivity contribution >= 4 is 17.7 Å². The topological polar surface area (TPSA) is 98.5 Å². The van der Waals surface area contributed by atoms with Gasteiger partial charge in [-0.1, -0.05) is 29.4 Å². The third-order valence-corrected chi connectivity index (χ3v) is 3.64. The van der Waals surface area contributed by atoms with Crippen molar-refractivity contribution in [2.75, 3.05) is 24.4 Å². The molecule has 0 aliphatic heterocycles. The van der Waals surface area contributed by atoms with Crippen LogP contribution in [0.1, 0.15) is 18.4 Å². The number of anilines is 2. The molecule has 1 aromatic heterocycles. The highest BCUT2D eigenvalue weighted by Crippen LogP contribution is 2.24. The maximum Gasteiger partial charge on any atom is 0.327 e. The first-order chi connectivity index (χ1) is 13.2. The Kier molecular flexibility index (Phi) is 5.88. The number of nitrogens with zero attached hydrogens (tertiary/aromatic N) is 2. The quantitative estimate of drug-likeness (QED) is 0.660. The minimum absolute atomic E-state index is 0.0184. The molecule has 8 nitrogen and oxygen atoms in total. The Balaban J connectivity index is 1.59. The highest BCUT2D eigenvalue weighted by atomic mass is 16.5. The van der Waals surface area contributed by atoms with Gasteiger partial charge in [-0.05, 0) is 36.8 Å². The second-order valence-corrected chi connectivity index (χ2v) is 5.53. The number of aromatic nitrogens is 2. The van der Waals surface area contributed by atoms with Gasteiger partial charge in [-0.25, -0.2) is 4.79 Å².